The van der Waals surface area contributed by atoms with Gasteiger partial charge in [0.2, 0.25) is 5.91 Å². The third kappa shape index (κ3) is 3.52. The number of alkyl halides is 1. The number of carbonyl (C=O) groups excluding carboxylic acids is 2. The second-order valence-corrected chi connectivity index (χ2v) is 7.06. The van der Waals surface area contributed by atoms with Crippen molar-refractivity contribution in [2.75, 3.05) is 31.1 Å². The van der Waals surface area contributed by atoms with Crippen LogP contribution in [0.5, 0.6) is 5.75 Å². The van der Waals surface area contributed by atoms with Crippen molar-refractivity contribution in [2.24, 2.45) is 5.73 Å². The van der Waals surface area contributed by atoms with Crippen LogP contribution in [-0.4, -0.2) is 49.1 Å². The van der Waals surface area contributed by atoms with E-state index in [2.05, 4.69) is 4.90 Å². The van der Waals surface area contributed by atoms with Gasteiger partial charge in [-0.05, 0) is 55.3 Å². The number of nitrogens with two attached hydrogens (primary N) is 1. The van der Waals surface area contributed by atoms with E-state index in [1.807, 2.05) is 18.2 Å². The zero-order chi connectivity index (χ0) is 19.7. The Balaban J connectivity index is 0.00000240. The third-order valence-corrected chi connectivity index (χ3v) is 5.25. The molecule has 2 heterocycles. The maximum absolute atomic E-state index is 13.3. The number of carbonyl (C=O) groups is 2. The second kappa shape index (κ2) is 7.50. The maximum atomic E-state index is 13.3. The van der Waals surface area contributed by atoms with Crippen molar-refractivity contribution in [2.45, 2.75) is 19.0 Å². The third-order valence-electron chi connectivity index (χ3n) is 5.25. The van der Waals surface area contributed by atoms with E-state index in [4.69, 9.17) is 10.5 Å². The predicted molar refractivity (Wildman–Crippen MR) is 106 cm³/mol. The molecule has 0 saturated carbocycles. The van der Waals surface area contributed by atoms with Gasteiger partial charge in [-0.15, -0.1) is 0 Å². The molecule has 1 fully saturated rings. The minimum Gasteiger partial charge on any atom is -0.490 e. The van der Waals surface area contributed by atoms with Crippen molar-refractivity contribution in [1.29, 1.82) is 0 Å². The number of nitrogens with zero attached hydrogens (tertiary/aromatic N) is 2. The molecule has 0 radical (unpaired) electrons. The molecule has 0 atom stereocenters. The van der Waals surface area contributed by atoms with Crippen LogP contribution in [0.1, 0.15) is 35.0 Å². The molecule has 6 nitrogen and oxygen atoms in total. The van der Waals surface area contributed by atoms with E-state index < -0.39 is 12.1 Å². The number of primary amides is 1. The number of benzene rings is 2. The van der Waals surface area contributed by atoms with Crippen molar-refractivity contribution in [1.82, 2.24) is 4.90 Å². The highest BCUT2D eigenvalue weighted by Gasteiger charge is 2.26. The molecule has 4 rings (SSSR count). The molecule has 28 heavy (non-hydrogen) atoms. The number of hydrogen-bond donors (Lipinski definition) is 1. The van der Waals surface area contributed by atoms with Crippen LogP contribution in [0.4, 0.5) is 15.8 Å². The number of ether oxygens (including phenoxy) is 1. The first-order valence-corrected chi connectivity index (χ1v) is 9.40. The molecular formula is C21H24FN3O3. The first kappa shape index (κ1) is 18.3. The molecule has 0 aliphatic carbocycles. The lowest BCUT2D eigenvalue weighted by Crippen LogP contribution is -2.39. The lowest BCUT2D eigenvalue weighted by atomic mass is 10.1. The van der Waals surface area contributed by atoms with Gasteiger partial charge >= 0.3 is 0 Å². The van der Waals surface area contributed by atoms with Gasteiger partial charge in [0.25, 0.3) is 5.91 Å². The van der Waals surface area contributed by atoms with Crippen LogP contribution < -0.4 is 15.4 Å². The number of hydrogen-bond acceptors (Lipinski definition) is 4. The Labute approximate surface area is 164 Å². The predicted octanol–water partition coefficient (Wildman–Crippen LogP) is 3.14. The zero-order valence-corrected chi connectivity index (χ0v) is 15.4. The van der Waals surface area contributed by atoms with Gasteiger partial charge in [0.15, 0.2) is 0 Å². The summed E-state index contributed by atoms with van der Waals surface area (Å²) in [5.41, 5.74) is 8.07. The van der Waals surface area contributed by atoms with Gasteiger partial charge in [-0.1, -0.05) is 0 Å². The quantitative estimate of drug-likeness (QED) is 0.881. The lowest BCUT2D eigenvalue weighted by Gasteiger charge is -2.32. The Hall–Kier alpha value is -3.09. The molecule has 2 aromatic carbocycles. The first-order valence-electron chi connectivity index (χ1n) is 9.40. The van der Waals surface area contributed by atoms with Crippen molar-refractivity contribution < 1.29 is 20.1 Å². The minimum absolute atomic E-state index is 0. The average Bonchev–Trinajstić information content (AvgIpc) is 2.73. The molecule has 7 heteroatoms. The number of halogens is 1. The fourth-order valence-corrected chi connectivity index (χ4v) is 3.66. The van der Waals surface area contributed by atoms with Gasteiger partial charge in [0.05, 0.1) is 12.2 Å². The molecule has 0 bridgehead atoms. The highest BCUT2D eigenvalue weighted by molar-refractivity contribution is 5.96. The van der Waals surface area contributed by atoms with Crippen molar-refractivity contribution >= 4 is 23.2 Å². The minimum atomic E-state index is -0.814. The van der Waals surface area contributed by atoms with Crippen molar-refractivity contribution in [3.05, 3.63) is 53.6 Å². The topological polar surface area (TPSA) is 75.9 Å². The molecular weight excluding hydrogens is 361 g/mol. The lowest BCUT2D eigenvalue weighted by molar-refractivity contribution is 0.0666. The van der Waals surface area contributed by atoms with E-state index in [-0.39, 0.29) is 7.33 Å². The summed E-state index contributed by atoms with van der Waals surface area (Å²) in [5, 5.41) is 0. The summed E-state index contributed by atoms with van der Waals surface area (Å²) < 4.78 is 19.1. The molecule has 0 unspecified atom stereocenters. The molecule has 2 aliphatic rings. The smallest absolute Gasteiger partial charge is 0.253 e. The summed E-state index contributed by atoms with van der Waals surface area (Å²) in [6, 6.07) is 12.5. The standard InChI is InChI=1S/C21H22FN3O3.H2/c22-16-7-9-24(10-8-16)21(27)15-3-6-18-19(13-15)28-12-11-25(18)17-4-1-14(2-5-17)20(23)26;/h1-6,13,16H,7-12H2,(H2,23,26);1H. The summed E-state index contributed by atoms with van der Waals surface area (Å²) in [7, 11) is 0. The second-order valence-electron chi connectivity index (χ2n) is 7.06. The number of likely N-dealkylation sites (tertiary alicyclic amines) is 1. The van der Waals surface area contributed by atoms with Crippen LogP contribution >= 0.6 is 0 Å². The van der Waals surface area contributed by atoms with Crippen LogP contribution in [0.2, 0.25) is 0 Å². The molecule has 2 aromatic rings. The van der Waals surface area contributed by atoms with Crippen molar-refractivity contribution in [3.8, 4) is 5.75 Å². The van der Waals surface area contributed by atoms with Crippen LogP contribution in [0.25, 0.3) is 0 Å². The molecule has 2 aliphatic heterocycles. The summed E-state index contributed by atoms with van der Waals surface area (Å²) in [6.45, 7) is 2.02. The highest BCUT2D eigenvalue weighted by atomic mass is 19.1. The first-order chi connectivity index (χ1) is 13.5. The molecule has 2 N–H and O–H groups in total. The molecule has 0 aromatic heterocycles. The fourth-order valence-electron chi connectivity index (χ4n) is 3.66. The largest absolute Gasteiger partial charge is 0.490 e. The highest BCUT2D eigenvalue weighted by Crippen LogP contribution is 2.37. The molecule has 1 saturated heterocycles. The number of rotatable bonds is 3. The number of anilines is 2. The Bertz CT molecular complexity index is 899. The number of piperidine rings is 1. The van der Waals surface area contributed by atoms with Gasteiger partial charge in [0.1, 0.15) is 18.5 Å². The van der Waals surface area contributed by atoms with Crippen LogP contribution in [0.3, 0.4) is 0 Å². The van der Waals surface area contributed by atoms with Crippen LogP contribution in [0.15, 0.2) is 42.5 Å². The molecule has 2 amide bonds. The van der Waals surface area contributed by atoms with Crippen LogP contribution in [0, 0.1) is 0 Å². The van der Waals surface area contributed by atoms with E-state index >= 15 is 0 Å². The zero-order valence-electron chi connectivity index (χ0n) is 15.4. The Kier molecular flexibility index (Phi) is 4.90. The summed E-state index contributed by atoms with van der Waals surface area (Å²) >= 11 is 0. The van der Waals surface area contributed by atoms with E-state index in [9.17, 15) is 14.0 Å². The van der Waals surface area contributed by atoms with Gasteiger partial charge in [-0.3, -0.25) is 9.59 Å². The Morgan fingerprint density at radius 2 is 1.71 bits per heavy atom. The van der Waals surface area contributed by atoms with Gasteiger partial charge in [-0.25, -0.2) is 4.39 Å². The SMILES string of the molecule is NC(=O)c1ccc(N2CCOc3cc(C(=O)N4CCC(F)CC4)ccc32)cc1.[HH]. The average molecular weight is 385 g/mol. The fraction of sp³-hybridized carbons (Fsp3) is 0.333. The van der Waals surface area contributed by atoms with Gasteiger partial charge in [-0.2, -0.15) is 0 Å². The maximum Gasteiger partial charge on any atom is 0.253 e. The van der Waals surface area contributed by atoms with E-state index in [1.165, 1.54) is 0 Å². The summed E-state index contributed by atoms with van der Waals surface area (Å²) in [4.78, 5) is 27.8. The Morgan fingerprint density at radius 1 is 1.04 bits per heavy atom. The molecule has 0 spiro atoms. The van der Waals surface area contributed by atoms with Crippen molar-refractivity contribution in [3.63, 3.8) is 0 Å². The van der Waals surface area contributed by atoms with Crippen LogP contribution in [-0.2, 0) is 0 Å². The normalized spacial score (nSPS) is 17.0. The van der Waals surface area contributed by atoms with E-state index in [0.29, 0.717) is 56.0 Å². The van der Waals surface area contributed by atoms with Gasteiger partial charge in [0, 0.05) is 31.3 Å². The summed E-state index contributed by atoms with van der Waals surface area (Å²) in [5.74, 6) is 0.0755. The van der Waals surface area contributed by atoms with E-state index in [1.54, 1.807) is 29.2 Å². The number of amides is 2. The summed E-state index contributed by atoms with van der Waals surface area (Å²) in [6.07, 6.45) is -0.0322. The van der Waals surface area contributed by atoms with Gasteiger partial charge < -0.3 is 20.3 Å². The Morgan fingerprint density at radius 3 is 2.39 bits per heavy atom. The molecule has 148 valence electrons. The monoisotopic (exact) mass is 385 g/mol. The number of fused-ring (bicyclic) bond motifs is 1. The van der Waals surface area contributed by atoms with E-state index in [0.717, 1.165) is 11.4 Å².